The van der Waals surface area contributed by atoms with Gasteiger partial charge in [-0.15, -0.1) is 0 Å². The third-order valence-electron chi connectivity index (χ3n) is 3.16. The molecule has 1 saturated carbocycles. The molecule has 0 unspecified atom stereocenters. The van der Waals surface area contributed by atoms with Crippen LogP contribution in [-0.2, 0) is 6.54 Å². The second-order valence-electron chi connectivity index (χ2n) is 4.41. The van der Waals surface area contributed by atoms with Crippen molar-refractivity contribution < 1.29 is 4.92 Å². The number of nitro benzene ring substituents is 1. The van der Waals surface area contributed by atoms with Crippen molar-refractivity contribution in [2.45, 2.75) is 38.3 Å². The van der Waals surface area contributed by atoms with E-state index in [0.29, 0.717) is 6.04 Å². The van der Waals surface area contributed by atoms with E-state index in [-0.39, 0.29) is 10.7 Å². The molecule has 0 bridgehead atoms. The molecule has 1 aliphatic rings. The number of nitrogens with one attached hydrogen (secondary N) is 1. The monoisotopic (exact) mass is 254 g/mol. The molecule has 0 aromatic heterocycles. The zero-order chi connectivity index (χ0) is 12.3. The number of hydrogen-bond donors (Lipinski definition) is 1. The molecule has 1 aliphatic carbocycles. The minimum absolute atomic E-state index is 0.0312. The van der Waals surface area contributed by atoms with Crippen molar-refractivity contribution in [2.24, 2.45) is 0 Å². The number of benzene rings is 1. The molecule has 0 amide bonds. The number of hydrogen-bond acceptors (Lipinski definition) is 3. The predicted molar refractivity (Wildman–Crippen MR) is 67.2 cm³/mol. The highest BCUT2D eigenvalue weighted by Gasteiger charge is 2.15. The highest BCUT2D eigenvalue weighted by Crippen LogP contribution is 2.25. The smallest absolute Gasteiger partial charge is 0.287 e. The van der Waals surface area contributed by atoms with E-state index < -0.39 is 4.92 Å². The Hall–Kier alpha value is -1.13. The van der Waals surface area contributed by atoms with Crippen molar-refractivity contribution in [1.82, 2.24) is 5.32 Å². The first-order valence-corrected chi connectivity index (χ1v) is 6.21. The average Bonchev–Trinajstić information content (AvgIpc) is 2.78. The van der Waals surface area contributed by atoms with E-state index in [1.54, 1.807) is 12.1 Å². The largest absolute Gasteiger partial charge is 0.310 e. The van der Waals surface area contributed by atoms with E-state index in [0.717, 1.165) is 12.1 Å². The van der Waals surface area contributed by atoms with Gasteiger partial charge in [0.05, 0.1) is 4.92 Å². The van der Waals surface area contributed by atoms with Crippen molar-refractivity contribution in [2.75, 3.05) is 0 Å². The van der Waals surface area contributed by atoms with Crippen LogP contribution in [0.5, 0.6) is 0 Å². The van der Waals surface area contributed by atoms with Crippen molar-refractivity contribution in [3.8, 4) is 0 Å². The Labute approximate surface area is 105 Å². The molecule has 1 fully saturated rings. The quantitative estimate of drug-likeness (QED) is 0.663. The lowest BCUT2D eigenvalue weighted by Gasteiger charge is -2.11. The van der Waals surface area contributed by atoms with Gasteiger partial charge in [-0.05, 0) is 24.5 Å². The maximum absolute atomic E-state index is 10.6. The van der Waals surface area contributed by atoms with E-state index in [9.17, 15) is 10.1 Å². The number of rotatable bonds is 4. The second kappa shape index (κ2) is 5.47. The van der Waals surface area contributed by atoms with Gasteiger partial charge in [0, 0.05) is 18.7 Å². The number of nitrogens with zero attached hydrogens (tertiary/aromatic N) is 1. The lowest BCUT2D eigenvalue weighted by Crippen LogP contribution is -2.25. The van der Waals surface area contributed by atoms with Gasteiger partial charge in [0.15, 0.2) is 0 Å². The molecule has 0 atom stereocenters. The normalized spacial score (nSPS) is 16.3. The number of halogens is 1. The molecule has 92 valence electrons. The summed E-state index contributed by atoms with van der Waals surface area (Å²) in [5.74, 6) is 0. The number of nitro groups is 1. The molecule has 0 radical (unpaired) electrons. The van der Waals surface area contributed by atoms with Crippen LogP contribution in [0.25, 0.3) is 0 Å². The van der Waals surface area contributed by atoms with E-state index in [1.165, 1.54) is 31.7 Å². The van der Waals surface area contributed by atoms with Crippen molar-refractivity contribution in [3.63, 3.8) is 0 Å². The van der Waals surface area contributed by atoms with Gasteiger partial charge in [0.25, 0.3) is 5.69 Å². The fourth-order valence-corrected chi connectivity index (χ4v) is 2.47. The van der Waals surface area contributed by atoms with Gasteiger partial charge >= 0.3 is 0 Å². The summed E-state index contributed by atoms with van der Waals surface area (Å²) in [4.78, 5) is 10.1. The Bertz CT molecular complexity index is 417. The van der Waals surface area contributed by atoms with Crippen molar-refractivity contribution in [1.29, 1.82) is 0 Å². The van der Waals surface area contributed by atoms with Crippen LogP contribution in [0.4, 0.5) is 5.69 Å². The Morgan fingerprint density at radius 3 is 2.71 bits per heavy atom. The maximum atomic E-state index is 10.6. The molecule has 17 heavy (non-hydrogen) atoms. The van der Waals surface area contributed by atoms with Crippen LogP contribution in [0.1, 0.15) is 31.2 Å². The molecule has 1 N–H and O–H groups in total. The molecule has 0 spiro atoms. The SMILES string of the molecule is O=[N+]([O-])c1ccc(CNC2CCCC2)cc1Cl. The van der Waals surface area contributed by atoms with Crippen molar-refractivity contribution >= 4 is 17.3 Å². The summed E-state index contributed by atoms with van der Waals surface area (Å²) < 4.78 is 0. The summed E-state index contributed by atoms with van der Waals surface area (Å²) in [6, 6.07) is 5.48. The summed E-state index contributed by atoms with van der Waals surface area (Å²) in [6.45, 7) is 0.725. The van der Waals surface area contributed by atoms with E-state index in [4.69, 9.17) is 11.6 Å². The molecule has 0 saturated heterocycles. The highest BCUT2D eigenvalue weighted by atomic mass is 35.5. The van der Waals surface area contributed by atoms with Crippen LogP contribution >= 0.6 is 11.6 Å². The van der Waals surface area contributed by atoms with Gasteiger partial charge in [-0.25, -0.2) is 0 Å². The Morgan fingerprint density at radius 2 is 2.12 bits per heavy atom. The predicted octanol–water partition coefficient (Wildman–Crippen LogP) is 3.28. The summed E-state index contributed by atoms with van der Waals surface area (Å²) in [6.07, 6.45) is 5.03. The van der Waals surface area contributed by atoms with Gasteiger partial charge in [-0.2, -0.15) is 0 Å². The first kappa shape index (κ1) is 12.3. The van der Waals surface area contributed by atoms with E-state index in [2.05, 4.69) is 5.32 Å². The van der Waals surface area contributed by atoms with Gasteiger partial charge in [0.1, 0.15) is 5.02 Å². The molecule has 0 heterocycles. The summed E-state index contributed by atoms with van der Waals surface area (Å²) in [5.41, 5.74) is 0.962. The zero-order valence-electron chi connectivity index (χ0n) is 9.49. The first-order valence-electron chi connectivity index (χ1n) is 5.83. The molecular formula is C12H15ClN2O2. The molecule has 1 aromatic rings. The van der Waals surface area contributed by atoms with Gasteiger partial charge < -0.3 is 5.32 Å². The molecule has 0 aliphatic heterocycles. The topological polar surface area (TPSA) is 55.2 Å². The Kier molecular flexibility index (Phi) is 3.97. The van der Waals surface area contributed by atoms with Crippen LogP contribution in [0.3, 0.4) is 0 Å². The molecule has 5 heteroatoms. The van der Waals surface area contributed by atoms with Crippen LogP contribution in [0.2, 0.25) is 5.02 Å². The minimum atomic E-state index is -0.462. The summed E-state index contributed by atoms with van der Waals surface area (Å²) in [7, 11) is 0. The maximum Gasteiger partial charge on any atom is 0.287 e. The fraction of sp³-hybridized carbons (Fsp3) is 0.500. The highest BCUT2D eigenvalue weighted by molar-refractivity contribution is 6.32. The summed E-state index contributed by atoms with van der Waals surface area (Å²) in [5, 5.41) is 14.3. The summed E-state index contributed by atoms with van der Waals surface area (Å²) >= 11 is 5.85. The molecule has 1 aromatic carbocycles. The van der Waals surface area contributed by atoms with Crippen LogP contribution < -0.4 is 5.32 Å². The van der Waals surface area contributed by atoms with E-state index in [1.807, 2.05) is 0 Å². The third-order valence-corrected chi connectivity index (χ3v) is 3.46. The van der Waals surface area contributed by atoms with Crippen LogP contribution in [0, 0.1) is 10.1 Å². The van der Waals surface area contributed by atoms with Gasteiger partial charge in [-0.1, -0.05) is 30.5 Å². The van der Waals surface area contributed by atoms with Crippen LogP contribution in [0.15, 0.2) is 18.2 Å². The first-order chi connectivity index (χ1) is 8.16. The molecular weight excluding hydrogens is 240 g/mol. The van der Waals surface area contributed by atoms with Crippen LogP contribution in [-0.4, -0.2) is 11.0 Å². The van der Waals surface area contributed by atoms with Gasteiger partial charge in [-0.3, -0.25) is 10.1 Å². The molecule has 4 nitrogen and oxygen atoms in total. The zero-order valence-corrected chi connectivity index (χ0v) is 10.2. The standard InChI is InChI=1S/C12H15ClN2O2/c13-11-7-9(5-6-12(11)15(16)17)8-14-10-3-1-2-4-10/h5-7,10,14H,1-4,8H2. The lowest BCUT2D eigenvalue weighted by atomic mass is 10.2. The van der Waals surface area contributed by atoms with Crippen molar-refractivity contribution in [3.05, 3.63) is 38.9 Å². The van der Waals surface area contributed by atoms with Gasteiger partial charge in [0.2, 0.25) is 0 Å². The average molecular weight is 255 g/mol. The second-order valence-corrected chi connectivity index (χ2v) is 4.81. The van der Waals surface area contributed by atoms with E-state index >= 15 is 0 Å². The Morgan fingerprint density at radius 1 is 1.41 bits per heavy atom. The minimum Gasteiger partial charge on any atom is -0.310 e. The Balaban J connectivity index is 1.97. The molecule has 2 rings (SSSR count). The fourth-order valence-electron chi connectivity index (χ4n) is 2.20. The third kappa shape index (κ3) is 3.17. The lowest BCUT2D eigenvalue weighted by molar-refractivity contribution is -0.384.